The molecule has 0 radical (unpaired) electrons. The Labute approximate surface area is 108 Å². The summed E-state index contributed by atoms with van der Waals surface area (Å²) in [6, 6.07) is 3.99. The van der Waals surface area contributed by atoms with E-state index in [2.05, 4.69) is 4.98 Å². The highest BCUT2D eigenvalue weighted by molar-refractivity contribution is 5.81. The Hall–Kier alpha value is -1.68. The summed E-state index contributed by atoms with van der Waals surface area (Å²) < 4.78 is 0. The van der Waals surface area contributed by atoms with Crippen LogP contribution in [-0.4, -0.2) is 35.4 Å². The first-order valence-corrected chi connectivity index (χ1v) is 6.24. The standard InChI is InChI=1S/C14H19N3O/c1-17(9-6-11-4-7-16-8-5-11)14(18)12-2-3-13(15)10-12/h2-5,7-8,12-13H,6,9-10,15H2,1H3. The van der Waals surface area contributed by atoms with E-state index in [0.29, 0.717) is 0 Å². The van der Waals surface area contributed by atoms with Crippen LogP contribution in [0.1, 0.15) is 12.0 Å². The van der Waals surface area contributed by atoms with Gasteiger partial charge in [-0.25, -0.2) is 0 Å². The fourth-order valence-electron chi connectivity index (χ4n) is 2.15. The molecule has 1 aromatic heterocycles. The molecule has 0 aromatic carbocycles. The number of nitrogens with zero attached hydrogens (tertiary/aromatic N) is 2. The molecule has 2 rings (SSSR count). The minimum atomic E-state index is -0.0394. The van der Waals surface area contributed by atoms with Crippen molar-refractivity contribution in [3.05, 3.63) is 42.2 Å². The summed E-state index contributed by atoms with van der Waals surface area (Å²) in [5.41, 5.74) is 6.96. The highest BCUT2D eigenvalue weighted by atomic mass is 16.2. The first-order chi connectivity index (χ1) is 8.66. The first kappa shape index (κ1) is 12.8. The Morgan fingerprint density at radius 2 is 2.17 bits per heavy atom. The van der Waals surface area contributed by atoms with Gasteiger partial charge in [0.05, 0.1) is 5.92 Å². The van der Waals surface area contributed by atoms with Crippen LogP contribution in [0.2, 0.25) is 0 Å². The van der Waals surface area contributed by atoms with Crippen LogP contribution in [0.25, 0.3) is 0 Å². The number of pyridine rings is 1. The number of nitrogens with two attached hydrogens (primary N) is 1. The molecule has 0 bridgehead atoms. The molecule has 2 N–H and O–H groups in total. The van der Waals surface area contributed by atoms with Crippen LogP contribution < -0.4 is 5.73 Å². The van der Waals surface area contributed by atoms with Gasteiger partial charge in [0, 0.05) is 32.0 Å². The zero-order valence-corrected chi connectivity index (χ0v) is 10.6. The molecule has 0 fully saturated rings. The van der Waals surface area contributed by atoms with E-state index < -0.39 is 0 Å². The Kier molecular flexibility index (Phi) is 4.10. The second kappa shape index (κ2) is 5.78. The minimum absolute atomic E-state index is 0.0348. The van der Waals surface area contributed by atoms with Gasteiger partial charge in [0.2, 0.25) is 5.91 Å². The minimum Gasteiger partial charge on any atom is -0.345 e. The number of rotatable bonds is 4. The average molecular weight is 245 g/mol. The summed E-state index contributed by atoms with van der Waals surface area (Å²) in [6.45, 7) is 0.725. The topological polar surface area (TPSA) is 59.2 Å². The molecule has 96 valence electrons. The van der Waals surface area contributed by atoms with Crippen LogP contribution in [0.3, 0.4) is 0 Å². The lowest BCUT2D eigenvalue weighted by atomic mass is 10.1. The number of amides is 1. The second-order valence-corrected chi connectivity index (χ2v) is 4.76. The van der Waals surface area contributed by atoms with Gasteiger partial charge in [0.25, 0.3) is 0 Å². The molecule has 1 amide bonds. The van der Waals surface area contributed by atoms with Gasteiger partial charge in [-0.2, -0.15) is 0 Å². The maximum atomic E-state index is 12.1. The highest BCUT2D eigenvalue weighted by Gasteiger charge is 2.24. The Morgan fingerprint density at radius 1 is 1.44 bits per heavy atom. The number of likely N-dealkylation sites (N-methyl/N-ethyl adjacent to an activating group) is 1. The molecule has 2 atom stereocenters. The van der Waals surface area contributed by atoms with E-state index in [1.165, 1.54) is 5.56 Å². The van der Waals surface area contributed by atoms with Crippen molar-refractivity contribution in [3.8, 4) is 0 Å². The van der Waals surface area contributed by atoms with Gasteiger partial charge in [-0.15, -0.1) is 0 Å². The van der Waals surface area contributed by atoms with E-state index in [0.717, 1.165) is 19.4 Å². The van der Waals surface area contributed by atoms with E-state index in [-0.39, 0.29) is 17.9 Å². The lowest BCUT2D eigenvalue weighted by Gasteiger charge is -2.20. The van der Waals surface area contributed by atoms with Crippen LogP contribution in [-0.2, 0) is 11.2 Å². The van der Waals surface area contributed by atoms with Gasteiger partial charge in [0.15, 0.2) is 0 Å². The predicted molar refractivity (Wildman–Crippen MR) is 70.8 cm³/mol. The van der Waals surface area contributed by atoms with Crippen LogP contribution in [0, 0.1) is 5.92 Å². The number of hydrogen-bond donors (Lipinski definition) is 1. The lowest BCUT2D eigenvalue weighted by molar-refractivity contribution is -0.132. The number of carbonyl (C=O) groups is 1. The number of carbonyl (C=O) groups excluding carboxylic acids is 1. The smallest absolute Gasteiger partial charge is 0.229 e. The number of aromatic nitrogens is 1. The molecule has 4 nitrogen and oxygen atoms in total. The molecule has 1 aliphatic carbocycles. The largest absolute Gasteiger partial charge is 0.345 e. The highest BCUT2D eigenvalue weighted by Crippen LogP contribution is 2.18. The molecule has 2 unspecified atom stereocenters. The summed E-state index contributed by atoms with van der Waals surface area (Å²) in [5, 5.41) is 0. The zero-order valence-electron chi connectivity index (χ0n) is 10.6. The summed E-state index contributed by atoms with van der Waals surface area (Å²) in [7, 11) is 1.85. The zero-order chi connectivity index (χ0) is 13.0. The third kappa shape index (κ3) is 3.17. The average Bonchev–Trinajstić information content (AvgIpc) is 2.83. The van der Waals surface area contributed by atoms with Gasteiger partial charge in [-0.3, -0.25) is 9.78 Å². The van der Waals surface area contributed by atoms with Crippen molar-refractivity contribution in [2.75, 3.05) is 13.6 Å². The molecular formula is C14H19N3O. The van der Waals surface area contributed by atoms with Crippen molar-refractivity contribution in [2.45, 2.75) is 18.9 Å². The van der Waals surface area contributed by atoms with Gasteiger partial charge in [-0.05, 0) is 30.5 Å². The molecule has 0 saturated heterocycles. The second-order valence-electron chi connectivity index (χ2n) is 4.76. The van der Waals surface area contributed by atoms with Crippen molar-refractivity contribution < 1.29 is 4.79 Å². The Balaban J connectivity index is 1.83. The Bertz CT molecular complexity index is 430. The van der Waals surface area contributed by atoms with Gasteiger partial charge in [0.1, 0.15) is 0 Å². The molecule has 0 aliphatic heterocycles. The summed E-state index contributed by atoms with van der Waals surface area (Å²) >= 11 is 0. The molecule has 4 heteroatoms. The van der Waals surface area contributed by atoms with Crippen LogP contribution in [0.4, 0.5) is 0 Å². The fraction of sp³-hybridized carbons (Fsp3) is 0.429. The monoisotopic (exact) mass is 245 g/mol. The third-order valence-corrected chi connectivity index (χ3v) is 3.30. The van der Waals surface area contributed by atoms with E-state index in [1.807, 2.05) is 31.3 Å². The van der Waals surface area contributed by atoms with Crippen molar-refractivity contribution in [1.29, 1.82) is 0 Å². The summed E-state index contributed by atoms with van der Waals surface area (Å²) in [5.74, 6) is 0.121. The van der Waals surface area contributed by atoms with Gasteiger partial charge in [-0.1, -0.05) is 12.2 Å². The van der Waals surface area contributed by atoms with E-state index >= 15 is 0 Å². The van der Waals surface area contributed by atoms with Crippen LogP contribution in [0.5, 0.6) is 0 Å². The Morgan fingerprint density at radius 3 is 2.78 bits per heavy atom. The molecule has 0 saturated carbocycles. The van der Waals surface area contributed by atoms with Crippen molar-refractivity contribution >= 4 is 5.91 Å². The van der Waals surface area contributed by atoms with E-state index in [1.54, 1.807) is 17.3 Å². The lowest BCUT2D eigenvalue weighted by Crippen LogP contribution is -2.34. The summed E-state index contributed by atoms with van der Waals surface area (Å²) in [6.07, 6.45) is 8.98. The van der Waals surface area contributed by atoms with E-state index in [9.17, 15) is 4.79 Å². The molecule has 1 heterocycles. The van der Waals surface area contributed by atoms with Crippen molar-refractivity contribution in [1.82, 2.24) is 9.88 Å². The maximum absolute atomic E-state index is 12.1. The molecule has 1 aromatic rings. The normalized spacial score (nSPS) is 22.1. The van der Waals surface area contributed by atoms with Gasteiger partial charge < -0.3 is 10.6 Å². The van der Waals surface area contributed by atoms with Gasteiger partial charge >= 0.3 is 0 Å². The molecule has 18 heavy (non-hydrogen) atoms. The number of hydrogen-bond acceptors (Lipinski definition) is 3. The molecule has 1 aliphatic rings. The van der Waals surface area contributed by atoms with Crippen molar-refractivity contribution in [3.63, 3.8) is 0 Å². The fourth-order valence-corrected chi connectivity index (χ4v) is 2.15. The molecule has 0 spiro atoms. The molecular weight excluding hydrogens is 226 g/mol. The van der Waals surface area contributed by atoms with Crippen LogP contribution >= 0.6 is 0 Å². The van der Waals surface area contributed by atoms with Crippen LogP contribution in [0.15, 0.2) is 36.7 Å². The quantitative estimate of drug-likeness (QED) is 0.805. The predicted octanol–water partition coefficient (Wildman–Crippen LogP) is 0.986. The summed E-state index contributed by atoms with van der Waals surface area (Å²) in [4.78, 5) is 17.9. The van der Waals surface area contributed by atoms with E-state index in [4.69, 9.17) is 5.73 Å². The SMILES string of the molecule is CN(CCc1ccncc1)C(=O)C1C=CC(N)C1. The maximum Gasteiger partial charge on any atom is 0.229 e. The first-order valence-electron chi connectivity index (χ1n) is 6.24. The third-order valence-electron chi connectivity index (χ3n) is 3.30. The van der Waals surface area contributed by atoms with Crippen molar-refractivity contribution in [2.24, 2.45) is 11.7 Å².